The molecule has 0 unspecified atom stereocenters. The summed E-state index contributed by atoms with van der Waals surface area (Å²) < 4.78 is 1.53. The summed E-state index contributed by atoms with van der Waals surface area (Å²) >= 11 is 0. The van der Waals surface area contributed by atoms with Crippen molar-refractivity contribution in [3.63, 3.8) is 0 Å². The van der Waals surface area contributed by atoms with E-state index in [1.807, 2.05) is 0 Å². The molecular formula is C11H21N5O. The van der Waals surface area contributed by atoms with Gasteiger partial charge in [0.1, 0.15) is 6.33 Å². The molecule has 96 valence electrons. The van der Waals surface area contributed by atoms with Gasteiger partial charge in [-0.05, 0) is 24.8 Å². The SMILES string of the molecule is CC(C)C[C@H](CN)CC(=O)Nc1ncnn1C. The fourth-order valence-electron chi connectivity index (χ4n) is 1.78. The maximum absolute atomic E-state index is 11.8. The molecule has 0 radical (unpaired) electrons. The van der Waals surface area contributed by atoms with E-state index in [9.17, 15) is 4.79 Å². The largest absolute Gasteiger partial charge is 0.330 e. The molecule has 17 heavy (non-hydrogen) atoms. The zero-order valence-corrected chi connectivity index (χ0v) is 10.7. The summed E-state index contributed by atoms with van der Waals surface area (Å²) in [5.74, 6) is 1.18. The fourth-order valence-corrected chi connectivity index (χ4v) is 1.78. The van der Waals surface area contributed by atoms with Gasteiger partial charge >= 0.3 is 0 Å². The number of rotatable bonds is 6. The summed E-state index contributed by atoms with van der Waals surface area (Å²) in [6.07, 6.45) is 2.80. The Hall–Kier alpha value is -1.43. The summed E-state index contributed by atoms with van der Waals surface area (Å²) in [6, 6.07) is 0. The van der Waals surface area contributed by atoms with Gasteiger partial charge in [0.25, 0.3) is 0 Å². The molecule has 0 fully saturated rings. The van der Waals surface area contributed by atoms with Gasteiger partial charge in [0.2, 0.25) is 11.9 Å². The Kier molecular flexibility index (Phi) is 5.09. The molecule has 1 aromatic rings. The molecule has 3 N–H and O–H groups in total. The molecule has 1 amide bonds. The van der Waals surface area contributed by atoms with Gasteiger partial charge in [-0.15, -0.1) is 0 Å². The predicted octanol–water partition coefficient (Wildman–Crippen LogP) is 0.765. The van der Waals surface area contributed by atoms with E-state index < -0.39 is 0 Å². The van der Waals surface area contributed by atoms with Crippen molar-refractivity contribution in [3.8, 4) is 0 Å². The van der Waals surface area contributed by atoms with Gasteiger partial charge in [-0.25, -0.2) is 4.68 Å². The summed E-state index contributed by atoms with van der Waals surface area (Å²) in [6.45, 7) is 4.79. The average molecular weight is 239 g/mol. The van der Waals surface area contributed by atoms with Crippen LogP contribution < -0.4 is 11.1 Å². The number of amides is 1. The minimum atomic E-state index is -0.0581. The zero-order chi connectivity index (χ0) is 12.8. The van der Waals surface area contributed by atoms with Gasteiger partial charge in [0, 0.05) is 13.5 Å². The number of aromatic nitrogens is 3. The van der Waals surface area contributed by atoms with E-state index in [1.54, 1.807) is 7.05 Å². The smallest absolute Gasteiger partial charge is 0.227 e. The third kappa shape index (κ3) is 4.52. The van der Waals surface area contributed by atoms with E-state index in [0.29, 0.717) is 24.8 Å². The molecule has 1 rings (SSSR count). The van der Waals surface area contributed by atoms with Crippen LogP contribution in [0.15, 0.2) is 6.33 Å². The third-order valence-corrected chi connectivity index (χ3v) is 2.57. The highest BCUT2D eigenvalue weighted by Gasteiger charge is 2.15. The quantitative estimate of drug-likeness (QED) is 0.767. The second-order valence-corrected chi connectivity index (χ2v) is 4.69. The first kappa shape index (κ1) is 13.6. The number of nitrogens with two attached hydrogens (primary N) is 1. The van der Waals surface area contributed by atoms with E-state index in [4.69, 9.17) is 5.73 Å². The molecule has 6 heteroatoms. The first-order valence-corrected chi connectivity index (χ1v) is 5.86. The predicted molar refractivity (Wildman–Crippen MR) is 66.2 cm³/mol. The van der Waals surface area contributed by atoms with E-state index in [2.05, 4.69) is 29.2 Å². The van der Waals surface area contributed by atoms with Crippen LogP contribution >= 0.6 is 0 Å². The minimum absolute atomic E-state index is 0.0581. The summed E-state index contributed by atoms with van der Waals surface area (Å²) in [7, 11) is 1.73. The highest BCUT2D eigenvalue weighted by molar-refractivity contribution is 5.89. The number of anilines is 1. The number of nitrogens with one attached hydrogen (secondary N) is 1. The first-order valence-electron chi connectivity index (χ1n) is 5.86. The van der Waals surface area contributed by atoms with Crippen molar-refractivity contribution in [2.45, 2.75) is 26.7 Å². The summed E-state index contributed by atoms with van der Waals surface area (Å²) in [5, 5.41) is 6.61. The van der Waals surface area contributed by atoms with Crippen molar-refractivity contribution in [3.05, 3.63) is 6.33 Å². The van der Waals surface area contributed by atoms with E-state index in [0.717, 1.165) is 6.42 Å². The van der Waals surface area contributed by atoms with Crippen molar-refractivity contribution in [2.75, 3.05) is 11.9 Å². The van der Waals surface area contributed by atoms with Crippen LogP contribution in [-0.2, 0) is 11.8 Å². The van der Waals surface area contributed by atoms with E-state index >= 15 is 0 Å². The molecule has 0 aromatic carbocycles. The minimum Gasteiger partial charge on any atom is -0.330 e. The van der Waals surface area contributed by atoms with Crippen molar-refractivity contribution < 1.29 is 4.79 Å². The van der Waals surface area contributed by atoms with Crippen LogP contribution in [0.3, 0.4) is 0 Å². The number of nitrogens with zero attached hydrogens (tertiary/aromatic N) is 3. The second kappa shape index (κ2) is 6.34. The molecule has 0 aliphatic rings. The molecule has 6 nitrogen and oxygen atoms in total. The van der Waals surface area contributed by atoms with Crippen LogP contribution in [-0.4, -0.2) is 27.2 Å². The molecule has 1 aromatic heterocycles. The maximum atomic E-state index is 11.8. The lowest BCUT2D eigenvalue weighted by Gasteiger charge is -2.16. The monoisotopic (exact) mass is 239 g/mol. The van der Waals surface area contributed by atoms with Gasteiger partial charge in [-0.2, -0.15) is 10.1 Å². The lowest BCUT2D eigenvalue weighted by Crippen LogP contribution is -2.24. The van der Waals surface area contributed by atoms with Gasteiger partial charge in [0.05, 0.1) is 0 Å². The number of hydrogen-bond acceptors (Lipinski definition) is 4. The molecular weight excluding hydrogens is 218 g/mol. The lowest BCUT2D eigenvalue weighted by atomic mass is 9.94. The topological polar surface area (TPSA) is 85.8 Å². The second-order valence-electron chi connectivity index (χ2n) is 4.69. The number of hydrogen-bond donors (Lipinski definition) is 2. The summed E-state index contributed by atoms with van der Waals surface area (Å²) in [5.41, 5.74) is 5.66. The Labute approximate surface area is 102 Å². The van der Waals surface area contributed by atoms with Crippen molar-refractivity contribution in [1.29, 1.82) is 0 Å². The van der Waals surface area contributed by atoms with E-state index in [1.165, 1.54) is 11.0 Å². The number of carbonyl (C=O) groups excluding carboxylic acids is 1. The maximum Gasteiger partial charge on any atom is 0.227 e. The third-order valence-electron chi connectivity index (χ3n) is 2.57. The highest BCUT2D eigenvalue weighted by Crippen LogP contribution is 2.14. The van der Waals surface area contributed by atoms with Crippen LogP contribution in [0.2, 0.25) is 0 Å². The van der Waals surface area contributed by atoms with Crippen LogP contribution in [0, 0.1) is 11.8 Å². The van der Waals surface area contributed by atoms with Crippen LogP contribution in [0.25, 0.3) is 0 Å². The first-order chi connectivity index (χ1) is 8.02. The molecule has 0 spiro atoms. The van der Waals surface area contributed by atoms with Gasteiger partial charge in [-0.1, -0.05) is 13.8 Å². The van der Waals surface area contributed by atoms with Gasteiger partial charge < -0.3 is 5.73 Å². The molecule has 0 bridgehead atoms. The average Bonchev–Trinajstić information content (AvgIpc) is 2.62. The molecule has 0 aliphatic heterocycles. The van der Waals surface area contributed by atoms with Crippen LogP contribution in [0.1, 0.15) is 26.7 Å². The Morgan fingerprint density at radius 1 is 1.59 bits per heavy atom. The fraction of sp³-hybridized carbons (Fsp3) is 0.727. The highest BCUT2D eigenvalue weighted by atomic mass is 16.1. The Balaban J connectivity index is 2.45. The molecule has 1 heterocycles. The van der Waals surface area contributed by atoms with Crippen LogP contribution in [0.4, 0.5) is 5.95 Å². The Bertz CT molecular complexity index is 360. The van der Waals surface area contributed by atoms with Crippen molar-refractivity contribution in [2.24, 2.45) is 24.6 Å². The van der Waals surface area contributed by atoms with Crippen molar-refractivity contribution in [1.82, 2.24) is 14.8 Å². The zero-order valence-electron chi connectivity index (χ0n) is 10.7. The molecule has 0 saturated carbocycles. The Morgan fingerprint density at radius 2 is 2.29 bits per heavy atom. The van der Waals surface area contributed by atoms with Crippen LogP contribution in [0.5, 0.6) is 0 Å². The standard InChI is InChI=1S/C11H21N5O/c1-8(2)4-9(6-12)5-10(17)15-11-13-7-14-16(11)3/h7-9H,4-6,12H2,1-3H3,(H,13,14,15,17)/t9-/m0/s1. The number of aryl methyl sites for hydroxylation is 1. The normalized spacial score (nSPS) is 12.8. The van der Waals surface area contributed by atoms with Gasteiger partial charge in [-0.3, -0.25) is 10.1 Å². The van der Waals surface area contributed by atoms with Crippen molar-refractivity contribution >= 4 is 11.9 Å². The van der Waals surface area contributed by atoms with E-state index in [-0.39, 0.29) is 11.8 Å². The Morgan fingerprint density at radius 3 is 2.76 bits per heavy atom. The number of carbonyl (C=O) groups is 1. The summed E-state index contributed by atoms with van der Waals surface area (Å²) in [4.78, 5) is 15.7. The molecule has 0 aliphatic carbocycles. The lowest BCUT2D eigenvalue weighted by molar-refractivity contribution is -0.117. The van der Waals surface area contributed by atoms with Gasteiger partial charge in [0.15, 0.2) is 0 Å². The molecule has 0 saturated heterocycles. The molecule has 1 atom stereocenters.